The Kier molecular flexibility index (Phi) is 4.73. The van der Waals surface area contributed by atoms with E-state index in [1.807, 2.05) is 0 Å². The van der Waals surface area contributed by atoms with E-state index in [9.17, 15) is 13.2 Å². The number of primary sulfonamides is 1. The third-order valence-electron chi connectivity index (χ3n) is 4.10. The van der Waals surface area contributed by atoms with Crippen molar-refractivity contribution in [1.82, 2.24) is 4.57 Å². The van der Waals surface area contributed by atoms with E-state index in [2.05, 4.69) is 6.92 Å². The lowest BCUT2D eigenvalue weighted by molar-refractivity contribution is 0.0130. The monoisotopic (exact) mass is 314 g/mol. The smallest absolute Gasteiger partial charge is 0.355 e. The van der Waals surface area contributed by atoms with Gasteiger partial charge in [-0.05, 0) is 31.2 Å². The van der Waals surface area contributed by atoms with Gasteiger partial charge in [0.2, 0.25) is 10.0 Å². The number of hydrogen-bond acceptors (Lipinski definition) is 4. The molecule has 1 aromatic heterocycles. The number of sulfonamides is 1. The predicted molar refractivity (Wildman–Crippen MR) is 78.2 cm³/mol. The largest absolute Gasteiger partial charge is 0.458 e. The van der Waals surface area contributed by atoms with E-state index in [0.29, 0.717) is 5.92 Å². The first-order chi connectivity index (χ1) is 9.81. The summed E-state index contributed by atoms with van der Waals surface area (Å²) in [7, 11) is -2.21. The topological polar surface area (TPSA) is 91.4 Å². The van der Waals surface area contributed by atoms with Crippen molar-refractivity contribution in [3.05, 3.63) is 18.0 Å². The minimum Gasteiger partial charge on any atom is -0.458 e. The van der Waals surface area contributed by atoms with Gasteiger partial charge in [0.05, 0.1) is 0 Å². The SMILES string of the molecule is CCC1CCCC(OC(=O)c2cc(S(N)(=O)=O)cn2C)C1. The van der Waals surface area contributed by atoms with E-state index in [0.717, 1.165) is 25.7 Å². The lowest BCUT2D eigenvalue weighted by Gasteiger charge is -2.28. The standard InChI is InChI=1S/C14H22N2O4S/c1-3-10-5-4-6-11(7-10)20-14(17)13-8-12(9-16(13)2)21(15,18)19/h8-11H,3-7H2,1-2H3,(H2,15,18,19). The molecule has 118 valence electrons. The second-order valence-corrected chi connectivity index (χ2v) is 7.25. The molecular formula is C14H22N2O4S. The van der Waals surface area contributed by atoms with Crippen LogP contribution in [0.25, 0.3) is 0 Å². The minimum absolute atomic E-state index is 0.0768. The summed E-state index contributed by atoms with van der Waals surface area (Å²) in [5, 5.41) is 5.07. The van der Waals surface area contributed by atoms with Crippen LogP contribution in [0.5, 0.6) is 0 Å². The molecule has 1 aromatic rings. The molecule has 0 aliphatic heterocycles. The van der Waals surface area contributed by atoms with E-state index in [4.69, 9.17) is 9.88 Å². The van der Waals surface area contributed by atoms with Gasteiger partial charge < -0.3 is 9.30 Å². The van der Waals surface area contributed by atoms with Gasteiger partial charge in [-0.15, -0.1) is 0 Å². The van der Waals surface area contributed by atoms with Crippen molar-refractivity contribution in [2.45, 2.75) is 50.0 Å². The minimum atomic E-state index is -3.81. The Morgan fingerprint density at radius 3 is 2.76 bits per heavy atom. The van der Waals surface area contributed by atoms with Crippen LogP contribution in [0.2, 0.25) is 0 Å². The van der Waals surface area contributed by atoms with Gasteiger partial charge >= 0.3 is 5.97 Å². The van der Waals surface area contributed by atoms with Gasteiger partial charge in [0.15, 0.2) is 0 Å². The highest BCUT2D eigenvalue weighted by atomic mass is 32.2. The molecule has 0 saturated heterocycles. The fraction of sp³-hybridized carbons (Fsp3) is 0.643. The van der Waals surface area contributed by atoms with Gasteiger partial charge in [-0.1, -0.05) is 19.8 Å². The number of carbonyl (C=O) groups excluding carboxylic acids is 1. The van der Waals surface area contributed by atoms with Gasteiger partial charge in [-0.3, -0.25) is 0 Å². The molecule has 0 amide bonds. The number of hydrogen-bond donors (Lipinski definition) is 1. The van der Waals surface area contributed by atoms with Crippen molar-refractivity contribution in [1.29, 1.82) is 0 Å². The molecule has 1 aliphatic carbocycles. The van der Waals surface area contributed by atoms with Gasteiger partial charge in [0.1, 0.15) is 16.7 Å². The zero-order valence-corrected chi connectivity index (χ0v) is 13.2. The van der Waals surface area contributed by atoms with Crippen molar-refractivity contribution in [2.24, 2.45) is 18.1 Å². The third kappa shape index (κ3) is 3.85. The molecule has 1 saturated carbocycles. The third-order valence-corrected chi connectivity index (χ3v) is 4.98. The molecule has 0 bridgehead atoms. The summed E-state index contributed by atoms with van der Waals surface area (Å²) in [6, 6.07) is 1.26. The first-order valence-corrected chi connectivity index (χ1v) is 8.76. The van der Waals surface area contributed by atoms with Crippen LogP contribution in [-0.4, -0.2) is 25.1 Å². The van der Waals surface area contributed by atoms with Crippen LogP contribution in [0, 0.1) is 5.92 Å². The first kappa shape index (κ1) is 16.0. The molecule has 2 unspecified atom stereocenters. The van der Waals surface area contributed by atoms with Crippen LogP contribution < -0.4 is 5.14 Å². The normalized spacial score (nSPS) is 23.0. The highest BCUT2D eigenvalue weighted by Gasteiger charge is 2.26. The molecule has 0 radical (unpaired) electrons. The number of nitrogens with two attached hydrogens (primary N) is 1. The van der Waals surface area contributed by atoms with E-state index in [1.54, 1.807) is 7.05 Å². The Morgan fingerprint density at radius 2 is 2.19 bits per heavy atom. The first-order valence-electron chi connectivity index (χ1n) is 7.21. The molecule has 21 heavy (non-hydrogen) atoms. The number of nitrogens with zero attached hydrogens (tertiary/aromatic N) is 1. The Bertz CT molecular complexity index is 621. The second kappa shape index (κ2) is 6.19. The van der Waals surface area contributed by atoms with Crippen LogP contribution in [-0.2, 0) is 21.8 Å². The van der Waals surface area contributed by atoms with Crippen LogP contribution >= 0.6 is 0 Å². The summed E-state index contributed by atoms with van der Waals surface area (Å²) in [5.41, 5.74) is 0.206. The predicted octanol–water partition coefficient (Wildman–Crippen LogP) is 1.80. The number of aryl methyl sites for hydroxylation is 1. The Hall–Kier alpha value is -1.34. The average Bonchev–Trinajstić information content (AvgIpc) is 2.81. The number of carbonyl (C=O) groups is 1. The van der Waals surface area contributed by atoms with Gasteiger partial charge in [-0.25, -0.2) is 18.4 Å². The molecule has 2 rings (SSSR count). The van der Waals surface area contributed by atoms with Crippen molar-refractivity contribution in [3.8, 4) is 0 Å². The van der Waals surface area contributed by atoms with Crippen molar-refractivity contribution in [2.75, 3.05) is 0 Å². The van der Waals surface area contributed by atoms with Crippen LogP contribution in [0.1, 0.15) is 49.5 Å². The summed E-state index contributed by atoms with van der Waals surface area (Å²) in [6.45, 7) is 2.14. The maximum absolute atomic E-state index is 12.2. The van der Waals surface area contributed by atoms with Gasteiger partial charge in [-0.2, -0.15) is 0 Å². The average molecular weight is 314 g/mol. The summed E-state index contributed by atoms with van der Waals surface area (Å²) in [4.78, 5) is 12.1. The summed E-state index contributed by atoms with van der Waals surface area (Å²) >= 11 is 0. The zero-order chi connectivity index (χ0) is 15.6. The Balaban J connectivity index is 2.08. The Labute approximate surface area is 125 Å². The zero-order valence-electron chi connectivity index (χ0n) is 12.4. The Morgan fingerprint density at radius 1 is 1.48 bits per heavy atom. The highest BCUT2D eigenvalue weighted by molar-refractivity contribution is 7.89. The van der Waals surface area contributed by atoms with Crippen LogP contribution in [0.15, 0.2) is 17.2 Å². The molecule has 0 aromatic carbocycles. The maximum atomic E-state index is 12.2. The molecule has 7 heteroatoms. The van der Waals surface area contributed by atoms with Crippen molar-refractivity contribution >= 4 is 16.0 Å². The quantitative estimate of drug-likeness (QED) is 0.858. The van der Waals surface area contributed by atoms with E-state index in [1.165, 1.54) is 23.3 Å². The number of aromatic nitrogens is 1. The molecule has 6 nitrogen and oxygen atoms in total. The van der Waals surface area contributed by atoms with Crippen molar-refractivity contribution in [3.63, 3.8) is 0 Å². The lowest BCUT2D eigenvalue weighted by atomic mass is 9.85. The number of ether oxygens (including phenoxy) is 1. The highest BCUT2D eigenvalue weighted by Crippen LogP contribution is 2.29. The molecule has 0 spiro atoms. The van der Waals surface area contributed by atoms with E-state index in [-0.39, 0.29) is 16.7 Å². The lowest BCUT2D eigenvalue weighted by Crippen LogP contribution is -2.26. The molecule has 2 atom stereocenters. The van der Waals surface area contributed by atoms with Gasteiger partial charge in [0.25, 0.3) is 0 Å². The summed E-state index contributed by atoms with van der Waals surface area (Å²) < 4.78 is 29.6. The summed E-state index contributed by atoms with van der Waals surface area (Å²) in [5.74, 6) is 0.110. The molecule has 1 heterocycles. The molecule has 1 aliphatic rings. The molecule has 2 N–H and O–H groups in total. The number of rotatable bonds is 4. The number of esters is 1. The van der Waals surface area contributed by atoms with Crippen molar-refractivity contribution < 1.29 is 17.9 Å². The second-order valence-electron chi connectivity index (χ2n) is 5.69. The van der Waals surface area contributed by atoms with Gasteiger partial charge in [0, 0.05) is 13.2 Å². The van der Waals surface area contributed by atoms with E-state index >= 15 is 0 Å². The fourth-order valence-electron chi connectivity index (χ4n) is 2.82. The molecular weight excluding hydrogens is 292 g/mol. The fourth-order valence-corrected chi connectivity index (χ4v) is 3.40. The van der Waals surface area contributed by atoms with E-state index < -0.39 is 16.0 Å². The molecule has 1 fully saturated rings. The van der Waals surface area contributed by atoms with Crippen LogP contribution in [0.4, 0.5) is 0 Å². The maximum Gasteiger partial charge on any atom is 0.355 e. The van der Waals surface area contributed by atoms with Crippen LogP contribution in [0.3, 0.4) is 0 Å². The summed E-state index contributed by atoms with van der Waals surface area (Å²) in [6.07, 6.45) is 6.33.